The predicted octanol–water partition coefficient (Wildman–Crippen LogP) is 5.23. The van der Waals surface area contributed by atoms with Gasteiger partial charge in [-0.15, -0.1) is 0 Å². The molecule has 0 fully saturated rings. The van der Waals surface area contributed by atoms with Crippen molar-refractivity contribution in [3.63, 3.8) is 0 Å². The Hall–Kier alpha value is -2.70. The lowest BCUT2D eigenvalue weighted by atomic mass is 10.1. The Kier molecular flexibility index (Phi) is 7.46. The molecule has 3 rings (SSSR count). The minimum Gasteiger partial charge on any atom is -0.493 e. The smallest absolute Gasteiger partial charge is 0.282 e. The third-order valence-corrected chi connectivity index (χ3v) is 5.95. The third-order valence-electron chi connectivity index (χ3n) is 4.77. The molecule has 1 heterocycles. The highest BCUT2D eigenvalue weighted by molar-refractivity contribution is 9.10. The summed E-state index contributed by atoms with van der Waals surface area (Å²) in [6.45, 7) is 3.96. The molecule has 0 unspecified atom stereocenters. The summed E-state index contributed by atoms with van der Waals surface area (Å²) in [5.41, 5.74) is 1.07. The van der Waals surface area contributed by atoms with Crippen LogP contribution in [-0.2, 0) is 0 Å². The molecule has 31 heavy (non-hydrogen) atoms. The summed E-state index contributed by atoms with van der Waals surface area (Å²) in [7, 11) is 1.51. The lowest BCUT2D eigenvalue weighted by Crippen LogP contribution is -2.23. The van der Waals surface area contributed by atoms with Crippen LogP contribution in [0.2, 0.25) is 0 Å². The molecule has 0 aliphatic carbocycles. The molecule has 0 aliphatic heterocycles. The summed E-state index contributed by atoms with van der Waals surface area (Å²) in [6.07, 6.45) is 2.38. The topological polar surface area (TPSA) is 89.5 Å². The monoisotopic (exact) mass is 546 g/mol. The van der Waals surface area contributed by atoms with Crippen LogP contribution >= 0.6 is 31.9 Å². The number of hydrogen-bond donors (Lipinski definition) is 0. The maximum atomic E-state index is 13.2. The zero-order valence-corrected chi connectivity index (χ0v) is 20.4. The van der Waals surface area contributed by atoms with Crippen molar-refractivity contribution in [2.75, 3.05) is 13.7 Å². The number of halogens is 2. The van der Waals surface area contributed by atoms with E-state index in [9.17, 15) is 4.79 Å². The van der Waals surface area contributed by atoms with Gasteiger partial charge in [-0.3, -0.25) is 4.79 Å². The van der Waals surface area contributed by atoms with E-state index in [1.54, 1.807) is 24.4 Å². The first-order chi connectivity index (χ1) is 14.9. The van der Waals surface area contributed by atoms with Crippen LogP contribution in [0.5, 0.6) is 11.5 Å². The maximum absolute atomic E-state index is 13.2. The molecular formula is C22H20Br2N4O3. The Balaban J connectivity index is 2.13. The van der Waals surface area contributed by atoms with Crippen LogP contribution in [0.4, 0.5) is 0 Å². The molecule has 0 saturated heterocycles. The Bertz CT molecular complexity index is 1250. The van der Waals surface area contributed by atoms with Gasteiger partial charge in [0.05, 0.1) is 24.2 Å². The van der Waals surface area contributed by atoms with Gasteiger partial charge < -0.3 is 9.47 Å². The summed E-state index contributed by atoms with van der Waals surface area (Å²) < 4.78 is 13.6. The molecule has 0 aliphatic rings. The molecule has 1 atom stereocenters. The Morgan fingerprint density at radius 1 is 1.29 bits per heavy atom. The number of nitrogens with zero attached hydrogens (tertiary/aromatic N) is 4. The van der Waals surface area contributed by atoms with Crippen LogP contribution in [0.15, 0.2) is 49.2 Å². The van der Waals surface area contributed by atoms with Crippen molar-refractivity contribution < 1.29 is 9.47 Å². The third kappa shape index (κ3) is 4.97. The average Bonchev–Trinajstić information content (AvgIpc) is 2.77. The highest BCUT2D eigenvalue weighted by atomic mass is 79.9. The normalized spacial score (nSPS) is 12.1. The van der Waals surface area contributed by atoms with Gasteiger partial charge in [0.2, 0.25) is 0 Å². The summed E-state index contributed by atoms with van der Waals surface area (Å²) in [6, 6.07) is 10.8. The first kappa shape index (κ1) is 23.0. The number of nitriles is 1. The Morgan fingerprint density at radius 2 is 2.06 bits per heavy atom. The summed E-state index contributed by atoms with van der Waals surface area (Å²) >= 11 is 6.90. The number of fused-ring (bicyclic) bond motifs is 1. The Labute approximate surface area is 196 Å². The number of rotatable bonds is 7. The first-order valence-corrected chi connectivity index (χ1v) is 11.1. The highest BCUT2D eigenvalue weighted by Crippen LogP contribution is 2.33. The van der Waals surface area contributed by atoms with Crippen molar-refractivity contribution in [1.82, 2.24) is 9.66 Å². The van der Waals surface area contributed by atoms with Gasteiger partial charge in [-0.1, -0.05) is 29.8 Å². The van der Waals surface area contributed by atoms with Gasteiger partial charge in [-0.2, -0.15) is 15.0 Å². The standard InChI is InChI=1S/C22H20Br2N4O3/c1-4-13(2)21-27-18-6-5-15(23)10-16(18)22(29)28(21)26-12-14-9-19(30-3)20(11-17(14)24)31-8-7-25/h5-6,9-13H,4,8H2,1-3H3/t13-/m1/s1. The second-order valence-corrected chi connectivity index (χ2v) is 8.54. The van der Waals surface area contributed by atoms with Crippen molar-refractivity contribution in [3.8, 4) is 17.6 Å². The predicted molar refractivity (Wildman–Crippen MR) is 127 cm³/mol. The lowest BCUT2D eigenvalue weighted by Gasteiger charge is -2.14. The van der Waals surface area contributed by atoms with E-state index >= 15 is 0 Å². The number of ether oxygens (including phenoxy) is 2. The van der Waals surface area contributed by atoms with Crippen molar-refractivity contribution in [2.24, 2.45) is 5.10 Å². The molecule has 0 bridgehead atoms. The minimum atomic E-state index is -0.241. The van der Waals surface area contributed by atoms with Crippen molar-refractivity contribution in [2.45, 2.75) is 26.2 Å². The number of methoxy groups -OCH3 is 1. The lowest BCUT2D eigenvalue weighted by molar-refractivity contribution is 0.329. The molecule has 0 amide bonds. The fraction of sp³-hybridized carbons (Fsp3) is 0.273. The van der Waals surface area contributed by atoms with Crippen LogP contribution in [0.1, 0.15) is 37.6 Å². The molecule has 0 radical (unpaired) electrons. The molecule has 0 saturated carbocycles. The fourth-order valence-corrected chi connectivity index (χ4v) is 3.72. The number of aromatic nitrogens is 2. The van der Waals surface area contributed by atoms with Gasteiger partial charge in [-0.25, -0.2) is 4.98 Å². The average molecular weight is 548 g/mol. The summed E-state index contributed by atoms with van der Waals surface area (Å²) in [4.78, 5) is 17.9. The fourth-order valence-electron chi connectivity index (χ4n) is 2.93. The summed E-state index contributed by atoms with van der Waals surface area (Å²) in [5, 5.41) is 13.7. The molecular weight excluding hydrogens is 528 g/mol. The van der Waals surface area contributed by atoms with Crippen molar-refractivity contribution in [1.29, 1.82) is 5.26 Å². The van der Waals surface area contributed by atoms with E-state index in [1.807, 2.05) is 32.0 Å². The van der Waals surface area contributed by atoms with Gasteiger partial charge in [0, 0.05) is 20.4 Å². The maximum Gasteiger partial charge on any atom is 0.282 e. The van der Waals surface area contributed by atoms with E-state index in [4.69, 9.17) is 19.7 Å². The zero-order chi connectivity index (χ0) is 22.5. The van der Waals surface area contributed by atoms with Gasteiger partial charge in [0.15, 0.2) is 18.1 Å². The Morgan fingerprint density at radius 3 is 2.74 bits per heavy atom. The molecule has 3 aromatic rings. The van der Waals surface area contributed by atoms with Crippen LogP contribution in [-0.4, -0.2) is 29.6 Å². The van der Waals surface area contributed by atoms with E-state index in [0.29, 0.717) is 38.3 Å². The first-order valence-electron chi connectivity index (χ1n) is 9.53. The molecule has 0 spiro atoms. The molecule has 7 nitrogen and oxygen atoms in total. The van der Waals surface area contributed by atoms with E-state index in [-0.39, 0.29) is 18.1 Å². The number of hydrogen-bond acceptors (Lipinski definition) is 6. The van der Waals surface area contributed by atoms with E-state index in [1.165, 1.54) is 11.8 Å². The second kappa shape index (κ2) is 10.1. The van der Waals surface area contributed by atoms with Crippen LogP contribution in [0.25, 0.3) is 10.9 Å². The molecule has 160 valence electrons. The highest BCUT2D eigenvalue weighted by Gasteiger charge is 2.16. The van der Waals surface area contributed by atoms with Gasteiger partial charge >= 0.3 is 0 Å². The zero-order valence-electron chi connectivity index (χ0n) is 17.2. The van der Waals surface area contributed by atoms with Crippen LogP contribution in [0, 0.1) is 11.3 Å². The van der Waals surface area contributed by atoms with Crippen LogP contribution < -0.4 is 15.0 Å². The number of benzene rings is 2. The van der Waals surface area contributed by atoms with Gasteiger partial charge in [0.1, 0.15) is 11.9 Å². The molecule has 9 heteroatoms. The largest absolute Gasteiger partial charge is 0.493 e. The minimum absolute atomic E-state index is 0.0395. The van der Waals surface area contributed by atoms with E-state index < -0.39 is 0 Å². The SMILES string of the molecule is CC[C@@H](C)c1nc2ccc(Br)cc2c(=O)n1N=Cc1cc(OC)c(OCC#N)cc1Br. The van der Waals surface area contributed by atoms with E-state index in [2.05, 4.69) is 37.0 Å². The van der Waals surface area contributed by atoms with Crippen molar-refractivity contribution in [3.05, 3.63) is 61.0 Å². The van der Waals surface area contributed by atoms with Gasteiger partial charge in [-0.05, 0) is 52.7 Å². The van der Waals surface area contributed by atoms with Crippen LogP contribution in [0.3, 0.4) is 0 Å². The molecule has 2 aromatic carbocycles. The van der Waals surface area contributed by atoms with Gasteiger partial charge in [0.25, 0.3) is 5.56 Å². The quantitative estimate of drug-likeness (QED) is 0.378. The molecule has 1 aromatic heterocycles. The summed E-state index contributed by atoms with van der Waals surface area (Å²) in [5.74, 6) is 1.52. The van der Waals surface area contributed by atoms with E-state index in [0.717, 1.165) is 10.9 Å². The van der Waals surface area contributed by atoms with Crippen molar-refractivity contribution >= 4 is 49.0 Å². The molecule has 0 N–H and O–H groups in total. The second-order valence-electron chi connectivity index (χ2n) is 6.77.